The second kappa shape index (κ2) is 15.5. The van der Waals surface area contributed by atoms with Crippen molar-refractivity contribution in [2.24, 2.45) is 0 Å². The Balaban J connectivity index is 1.09. The third-order valence-electron chi connectivity index (χ3n) is 11.0. The fourth-order valence-electron chi connectivity index (χ4n) is 8.15. The van der Waals surface area contributed by atoms with Crippen molar-refractivity contribution in [1.82, 2.24) is 0 Å². The predicted molar refractivity (Wildman–Crippen MR) is 250 cm³/mol. The van der Waals surface area contributed by atoms with Crippen molar-refractivity contribution in [3.63, 3.8) is 0 Å². The van der Waals surface area contributed by atoms with Gasteiger partial charge in [0.2, 0.25) is 0 Å². The summed E-state index contributed by atoms with van der Waals surface area (Å²) < 4.78 is 0. The molecule has 0 aliphatic rings. The van der Waals surface area contributed by atoms with E-state index in [4.69, 9.17) is 0 Å². The van der Waals surface area contributed by atoms with Crippen LogP contribution in [0.5, 0.6) is 0 Å². The van der Waals surface area contributed by atoms with Gasteiger partial charge in [-0.05, 0) is 104 Å². The minimum Gasteiger partial charge on any atom is -0.310 e. The summed E-state index contributed by atoms with van der Waals surface area (Å²) in [5, 5.41) is 7.42. The van der Waals surface area contributed by atoms with E-state index in [2.05, 4.69) is 240 Å². The predicted octanol–water partition coefficient (Wildman–Crippen LogP) is 15.9. The van der Waals surface area contributed by atoms with E-state index in [9.17, 15) is 0 Å². The molecule has 0 aromatic heterocycles. The van der Waals surface area contributed by atoms with Crippen LogP contribution in [0, 0.1) is 0 Å². The van der Waals surface area contributed by atoms with Gasteiger partial charge in [-0.15, -0.1) is 0 Å². The Labute approximate surface area is 339 Å². The molecule has 0 unspecified atom stereocenters. The van der Waals surface area contributed by atoms with Crippen LogP contribution in [0.25, 0.3) is 56.6 Å². The van der Waals surface area contributed by atoms with E-state index in [1.54, 1.807) is 0 Å². The van der Waals surface area contributed by atoms with Crippen molar-refractivity contribution in [2.45, 2.75) is 0 Å². The molecule has 0 heterocycles. The van der Waals surface area contributed by atoms with Gasteiger partial charge in [0.05, 0.1) is 11.4 Å². The van der Waals surface area contributed by atoms with E-state index in [0.29, 0.717) is 0 Å². The first kappa shape index (κ1) is 34.8. The van der Waals surface area contributed by atoms with Gasteiger partial charge in [0, 0.05) is 33.5 Å². The van der Waals surface area contributed by atoms with Gasteiger partial charge in [-0.1, -0.05) is 182 Å². The van der Waals surface area contributed by atoms with Crippen molar-refractivity contribution in [1.29, 1.82) is 0 Å². The first-order chi connectivity index (χ1) is 28.8. The van der Waals surface area contributed by atoms with E-state index in [0.717, 1.165) is 45.3 Å². The summed E-state index contributed by atoms with van der Waals surface area (Å²) in [5.74, 6) is 0. The maximum absolute atomic E-state index is 2.39. The lowest BCUT2D eigenvalue weighted by molar-refractivity contribution is 1.29. The molecule has 0 fully saturated rings. The summed E-state index contributed by atoms with van der Waals surface area (Å²) in [6.45, 7) is 0. The van der Waals surface area contributed by atoms with Gasteiger partial charge in [-0.2, -0.15) is 0 Å². The van der Waals surface area contributed by atoms with Crippen LogP contribution in [0.3, 0.4) is 0 Å². The van der Waals surface area contributed by atoms with Crippen LogP contribution in [0.4, 0.5) is 34.1 Å². The van der Waals surface area contributed by atoms with Crippen LogP contribution in [-0.4, -0.2) is 0 Å². The lowest BCUT2D eigenvalue weighted by atomic mass is 9.91. The zero-order valence-corrected chi connectivity index (χ0v) is 32.0. The van der Waals surface area contributed by atoms with Crippen LogP contribution < -0.4 is 9.80 Å². The molecule has 0 saturated heterocycles. The quantitative estimate of drug-likeness (QED) is 0.102. The zero-order chi connectivity index (χ0) is 38.7. The molecule has 10 aromatic carbocycles. The first-order valence-corrected chi connectivity index (χ1v) is 19.8. The molecule has 0 N–H and O–H groups in total. The average molecular weight is 741 g/mol. The molecule has 0 amide bonds. The number of anilines is 6. The molecule has 0 bridgehead atoms. The Bertz CT molecular complexity index is 2800. The van der Waals surface area contributed by atoms with Gasteiger partial charge >= 0.3 is 0 Å². The highest BCUT2D eigenvalue weighted by atomic mass is 15.1. The molecule has 0 radical (unpaired) electrons. The standard InChI is InChI=1S/C56H40N2/c1-5-13-41(14-6-1)21-23-43-25-33-49(34-26-43)57(47-17-9-3-10-18-47)53-39-31-45-30-38-52-54(40-32-46-29-37-51(53)55(45)56(46)52)58(48-19-11-4-12-20-48)50-35-27-44(28-36-50)24-22-42-15-7-2-8-16-42/h1-40H. The fraction of sp³-hybridized carbons (Fsp3) is 0. The third kappa shape index (κ3) is 6.78. The smallest absolute Gasteiger partial charge is 0.0540 e. The highest BCUT2D eigenvalue weighted by Crippen LogP contribution is 2.47. The molecular weight excluding hydrogens is 701 g/mol. The molecule has 0 aliphatic heterocycles. The van der Waals surface area contributed by atoms with Crippen molar-refractivity contribution in [3.05, 3.63) is 241 Å². The molecule has 2 heteroatoms. The Morgan fingerprint density at radius 1 is 0.241 bits per heavy atom. The number of nitrogens with zero attached hydrogens (tertiary/aromatic N) is 2. The van der Waals surface area contributed by atoms with E-state index in [-0.39, 0.29) is 0 Å². The SMILES string of the molecule is C(=Cc1ccc(N(c2ccccc2)c2ccc3ccc4c(N(c5ccccc5)c5ccc(C=Cc6ccccc6)cc5)ccc5ccc2c3c54)cc1)c1ccccc1. The topological polar surface area (TPSA) is 6.48 Å². The van der Waals surface area contributed by atoms with E-state index in [1.165, 1.54) is 43.4 Å². The number of para-hydroxylation sites is 2. The highest BCUT2D eigenvalue weighted by Gasteiger charge is 2.21. The van der Waals surface area contributed by atoms with Crippen molar-refractivity contribution >= 4 is 90.7 Å². The largest absolute Gasteiger partial charge is 0.310 e. The highest BCUT2D eigenvalue weighted by molar-refractivity contribution is 6.28. The van der Waals surface area contributed by atoms with Crippen LogP contribution >= 0.6 is 0 Å². The lowest BCUT2D eigenvalue weighted by Crippen LogP contribution is -2.11. The Morgan fingerprint density at radius 2 is 0.534 bits per heavy atom. The molecular formula is C56H40N2. The Hall–Kier alpha value is -7.68. The van der Waals surface area contributed by atoms with Gasteiger partial charge in [0.15, 0.2) is 0 Å². The molecule has 0 atom stereocenters. The zero-order valence-electron chi connectivity index (χ0n) is 32.0. The average Bonchev–Trinajstić information content (AvgIpc) is 3.30. The summed E-state index contributed by atoms with van der Waals surface area (Å²) in [6, 6.07) is 78.4. The molecule has 0 saturated carbocycles. The molecule has 274 valence electrons. The van der Waals surface area contributed by atoms with Gasteiger partial charge in [0.25, 0.3) is 0 Å². The maximum atomic E-state index is 2.39. The number of hydrogen-bond donors (Lipinski definition) is 0. The summed E-state index contributed by atoms with van der Waals surface area (Å²) in [5.41, 5.74) is 11.4. The van der Waals surface area contributed by atoms with Crippen molar-refractivity contribution < 1.29 is 0 Å². The van der Waals surface area contributed by atoms with Gasteiger partial charge in [-0.3, -0.25) is 0 Å². The Morgan fingerprint density at radius 3 is 0.897 bits per heavy atom. The summed E-state index contributed by atoms with van der Waals surface area (Å²) in [4.78, 5) is 4.78. The second-order valence-electron chi connectivity index (χ2n) is 14.6. The van der Waals surface area contributed by atoms with Crippen molar-refractivity contribution in [2.75, 3.05) is 9.80 Å². The van der Waals surface area contributed by atoms with Gasteiger partial charge in [-0.25, -0.2) is 0 Å². The van der Waals surface area contributed by atoms with Gasteiger partial charge in [0.1, 0.15) is 0 Å². The maximum Gasteiger partial charge on any atom is 0.0540 e. The van der Waals surface area contributed by atoms with Crippen LogP contribution in [0.15, 0.2) is 218 Å². The molecule has 0 spiro atoms. The molecule has 2 nitrogen and oxygen atoms in total. The molecule has 58 heavy (non-hydrogen) atoms. The van der Waals surface area contributed by atoms with Gasteiger partial charge < -0.3 is 9.80 Å². The van der Waals surface area contributed by atoms with Crippen LogP contribution in [0.1, 0.15) is 22.3 Å². The van der Waals surface area contributed by atoms with Crippen molar-refractivity contribution in [3.8, 4) is 0 Å². The monoisotopic (exact) mass is 740 g/mol. The van der Waals surface area contributed by atoms with E-state index >= 15 is 0 Å². The minimum atomic E-state index is 1.11. The Kier molecular flexibility index (Phi) is 9.27. The van der Waals surface area contributed by atoms with E-state index in [1.807, 2.05) is 12.1 Å². The fourth-order valence-corrected chi connectivity index (χ4v) is 8.15. The second-order valence-corrected chi connectivity index (χ2v) is 14.6. The number of hydrogen-bond acceptors (Lipinski definition) is 2. The van der Waals surface area contributed by atoms with E-state index < -0.39 is 0 Å². The first-order valence-electron chi connectivity index (χ1n) is 19.8. The lowest BCUT2D eigenvalue weighted by Gasteiger charge is -2.29. The van der Waals surface area contributed by atoms with Crippen LogP contribution in [-0.2, 0) is 0 Å². The summed E-state index contributed by atoms with van der Waals surface area (Å²) in [7, 11) is 0. The summed E-state index contributed by atoms with van der Waals surface area (Å²) >= 11 is 0. The number of benzene rings is 10. The summed E-state index contributed by atoms with van der Waals surface area (Å²) in [6.07, 6.45) is 8.68. The normalized spacial score (nSPS) is 11.7. The number of rotatable bonds is 10. The molecule has 10 aromatic rings. The van der Waals surface area contributed by atoms with Crippen LogP contribution in [0.2, 0.25) is 0 Å². The minimum absolute atomic E-state index is 1.11. The molecule has 0 aliphatic carbocycles. The molecule has 10 rings (SSSR count). The third-order valence-corrected chi connectivity index (χ3v) is 11.0.